The Kier molecular flexibility index (Phi) is 3.41. The summed E-state index contributed by atoms with van der Waals surface area (Å²) in [4.78, 5) is 20.2. The van der Waals surface area contributed by atoms with Gasteiger partial charge in [0.2, 0.25) is 0 Å². The van der Waals surface area contributed by atoms with E-state index >= 15 is 0 Å². The van der Waals surface area contributed by atoms with E-state index in [0.29, 0.717) is 10.2 Å². The van der Waals surface area contributed by atoms with Crippen LogP contribution in [0.3, 0.4) is 0 Å². The predicted octanol–water partition coefficient (Wildman–Crippen LogP) is 2.99. The van der Waals surface area contributed by atoms with E-state index in [1.807, 2.05) is 0 Å². The second kappa shape index (κ2) is 5.05. The number of aromatic amines is 1. The van der Waals surface area contributed by atoms with Crippen LogP contribution in [0.25, 0.3) is 0 Å². The molecule has 4 aliphatic rings. The van der Waals surface area contributed by atoms with E-state index in [1.54, 1.807) is 7.11 Å². The van der Waals surface area contributed by atoms with Crippen LogP contribution in [0.5, 0.6) is 0 Å². The zero-order valence-corrected chi connectivity index (χ0v) is 14.5. The number of ether oxygens (including phenoxy) is 1. The summed E-state index contributed by atoms with van der Waals surface area (Å²) in [6, 6.07) is 0. The monoisotopic (exact) mass is 400 g/mol. The van der Waals surface area contributed by atoms with Crippen molar-refractivity contribution < 1.29 is 4.74 Å². The van der Waals surface area contributed by atoms with E-state index in [0.717, 1.165) is 29.3 Å². The Labute approximate surface area is 138 Å². The van der Waals surface area contributed by atoms with Gasteiger partial charge in [-0.15, -0.1) is 0 Å². The van der Waals surface area contributed by atoms with Gasteiger partial charge in [0.25, 0.3) is 5.56 Å². The average Bonchev–Trinajstić information content (AvgIpc) is 2.42. The molecule has 21 heavy (non-hydrogen) atoms. The Bertz CT molecular complexity index is 590. The summed E-state index contributed by atoms with van der Waals surface area (Å²) in [5, 5.41) is 0. The topological polar surface area (TPSA) is 55.0 Å². The summed E-state index contributed by atoms with van der Waals surface area (Å²) >= 11 is 2.08. The number of rotatable bonds is 3. The van der Waals surface area contributed by atoms with Gasteiger partial charge in [-0.3, -0.25) is 4.79 Å². The summed E-state index contributed by atoms with van der Waals surface area (Å²) < 4.78 is 5.89. The van der Waals surface area contributed by atoms with E-state index in [9.17, 15) is 4.79 Å². The van der Waals surface area contributed by atoms with E-state index in [1.165, 1.54) is 38.5 Å². The molecule has 0 amide bonds. The molecular weight excluding hydrogens is 379 g/mol. The molecule has 0 spiro atoms. The second-order valence-electron chi connectivity index (χ2n) is 7.31. The van der Waals surface area contributed by atoms with Gasteiger partial charge < -0.3 is 9.72 Å². The highest BCUT2D eigenvalue weighted by Crippen LogP contribution is 2.60. The number of halogens is 1. The first kappa shape index (κ1) is 14.2. The number of methoxy groups -OCH3 is 1. The zero-order valence-electron chi connectivity index (χ0n) is 12.3. The van der Waals surface area contributed by atoms with Gasteiger partial charge in [-0.2, -0.15) is 0 Å². The Morgan fingerprint density at radius 1 is 1.24 bits per heavy atom. The molecule has 0 aromatic carbocycles. The number of nitrogens with one attached hydrogen (secondary N) is 1. The van der Waals surface area contributed by atoms with Crippen LogP contribution in [-0.2, 0) is 16.8 Å². The molecule has 1 N–H and O–H groups in total. The van der Waals surface area contributed by atoms with E-state index in [4.69, 9.17) is 9.72 Å². The van der Waals surface area contributed by atoms with Gasteiger partial charge >= 0.3 is 0 Å². The van der Waals surface area contributed by atoms with E-state index in [2.05, 4.69) is 27.6 Å². The van der Waals surface area contributed by atoms with Crippen LogP contribution in [-0.4, -0.2) is 17.1 Å². The standard InChI is InChI=1S/C16H21IN2O2/c1-21-8-12-13(17)14(20)19-15(18-12)16-5-9-2-10(6-16)4-11(3-9)7-16/h9-11H,2-8H2,1H3,(H,18,19,20). The lowest BCUT2D eigenvalue weighted by Gasteiger charge is -2.56. The smallest absolute Gasteiger partial charge is 0.264 e. The van der Waals surface area contributed by atoms with Crippen molar-refractivity contribution in [3.8, 4) is 0 Å². The fourth-order valence-electron chi connectivity index (χ4n) is 5.39. The molecule has 4 saturated carbocycles. The van der Waals surface area contributed by atoms with Gasteiger partial charge in [-0.25, -0.2) is 4.98 Å². The molecule has 0 saturated heterocycles. The molecule has 1 aromatic heterocycles. The highest BCUT2D eigenvalue weighted by Gasteiger charge is 2.53. The third-order valence-corrected chi connectivity index (χ3v) is 6.87. The maximum Gasteiger partial charge on any atom is 0.264 e. The molecule has 4 nitrogen and oxygen atoms in total. The maximum atomic E-state index is 12.3. The first-order valence-corrected chi connectivity index (χ1v) is 8.95. The molecule has 1 heterocycles. The van der Waals surface area contributed by atoms with Crippen LogP contribution in [0.2, 0.25) is 0 Å². The predicted molar refractivity (Wildman–Crippen MR) is 88.1 cm³/mol. The lowest BCUT2D eigenvalue weighted by Crippen LogP contribution is -2.50. The Hall–Kier alpha value is -0.430. The molecule has 4 fully saturated rings. The zero-order chi connectivity index (χ0) is 14.6. The number of hydrogen-bond donors (Lipinski definition) is 1. The lowest BCUT2D eigenvalue weighted by atomic mass is 9.49. The van der Waals surface area contributed by atoms with E-state index in [-0.39, 0.29) is 11.0 Å². The van der Waals surface area contributed by atoms with Crippen LogP contribution in [0.1, 0.15) is 50.0 Å². The summed E-state index contributed by atoms with van der Waals surface area (Å²) in [5.41, 5.74) is 0.941. The Balaban J connectivity index is 1.78. The minimum absolute atomic E-state index is 0.00314. The lowest BCUT2D eigenvalue weighted by molar-refractivity contribution is -0.00978. The van der Waals surface area contributed by atoms with Gasteiger partial charge in [0, 0.05) is 12.5 Å². The third-order valence-electron chi connectivity index (χ3n) is 5.75. The number of hydrogen-bond acceptors (Lipinski definition) is 3. The molecular formula is C16H21IN2O2. The van der Waals surface area contributed by atoms with Crippen LogP contribution in [0, 0.1) is 21.3 Å². The average molecular weight is 400 g/mol. The van der Waals surface area contributed by atoms with Crippen LogP contribution < -0.4 is 5.56 Å². The van der Waals surface area contributed by atoms with Crippen molar-refractivity contribution in [3.05, 3.63) is 25.4 Å². The third kappa shape index (κ3) is 2.27. The van der Waals surface area contributed by atoms with Crippen molar-refractivity contribution in [2.45, 2.75) is 50.5 Å². The molecule has 4 bridgehead atoms. The Morgan fingerprint density at radius 2 is 1.81 bits per heavy atom. The molecule has 0 radical (unpaired) electrons. The summed E-state index contributed by atoms with van der Waals surface area (Å²) in [5.74, 6) is 3.50. The van der Waals surface area contributed by atoms with Crippen molar-refractivity contribution in [1.82, 2.24) is 9.97 Å². The highest BCUT2D eigenvalue weighted by molar-refractivity contribution is 14.1. The summed E-state index contributed by atoms with van der Waals surface area (Å²) in [7, 11) is 1.66. The van der Waals surface area contributed by atoms with Gasteiger partial charge in [0.15, 0.2) is 0 Å². The van der Waals surface area contributed by atoms with Crippen LogP contribution >= 0.6 is 22.6 Å². The molecule has 5 rings (SSSR count). The summed E-state index contributed by atoms with van der Waals surface area (Å²) in [6.45, 7) is 0.418. The van der Waals surface area contributed by atoms with E-state index < -0.39 is 0 Å². The van der Waals surface area contributed by atoms with Crippen LogP contribution in [0.15, 0.2) is 4.79 Å². The van der Waals surface area contributed by atoms with Crippen molar-refractivity contribution >= 4 is 22.6 Å². The molecule has 114 valence electrons. The molecule has 4 aliphatic carbocycles. The van der Waals surface area contributed by atoms with Gasteiger partial charge in [0.05, 0.1) is 12.3 Å². The first-order chi connectivity index (χ1) is 10.1. The first-order valence-electron chi connectivity index (χ1n) is 7.88. The van der Waals surface area contributed by atoms with Crippen molar-refractivity contribution in [2.75, 3.05) is 7.11 Å². The second-order valence-corrected chi connectivity index (χ2v) is 8.38. The van der Waals surface area contributed by atoms with Crippen LogP contribution in [0.4, 0.5) is 0 Å². The SMILES string of the molecule is COCc1nc(C23CC4CC(CC(C4)C2)C3)[nH]c(=O)c1I. The van der Waals surface area contributed by atoms with Gasteiger partial charge in [0.1, 0.15) is 9.39 Å². The molecule has 0 unspecified atom stereocenters. The molecule has 0 atom stereocenters. The van der Waals surface area contributed by atoms with Crippen molar-refractivity contribution in [1.29, 1.82) is 0 Å². The molecule has 5 heteroatoms. The molecule has 1 aromatic rings. The fourth-order valence-corrected chi connectivity index (χ4v) is 5.80. The minimum Gasteiger partial charge on any atom is -0.378 e. The maximum absolute atomic E-state index is 12.3. The number of nitrogens with zero attached hydrogens (tertiary/aromatic N) is 1. The fraction of sp³-hybridized carbons (Fsp3) is 0.750. The largest absolute Gasteiger partial charge is 0.378 e. The molecule has 0 aliphatic heterocycles. The van der Waals surface area contributed by atoms with Crippen molar-refractivity contribution in [3.63, 3.8) is 0 Å². The quantitative estimate of drug-likeness (QED) is 0.794. The van der Waals surface area contributed by atoms with Crippen molar-refractivity contribution in [2.24, 2.45) is 17.8 Å². The normalized spacial score (nSPS) is 37.1. The Morgan fingerprint density at radius 3 is 2.33 bits per heavy atom. The minimum atomic E-state index is 0.00314. The van der Waals surface area contributed by atoms with Gasteiger partial charge in [-0.1, -0.05) is 0 Å². The number of H-pyrrole nitrogens is 1. The number of aromatic nitrogens is 2. The highest BCUT2D eigenvalue weighted by atomic mass is 127. The summed E-state index contributed by atoms with van der Waals surface area (Å²) in [6.07, 6.45) is 7.86. The van der Waals surface area contributed by atoms with Gasteiger partial charge in [-0.05, 0) is 78.9 Å².